The number of aromatic nitrogens is 1. The van der Waals surface area contributed by atoms with Crippen molar-refractivity contribution in [2.75, 3.05) is 0 Å². The van der Waals surface area contributed by atoms with Crippen molar-refractivity contribution in [3.63, 3.8) is 0 Å². The van der Waals surface area contributed by atoms with E-state index < -0.39 is 0 Å². The Morgan fingerprint density at radius 3 is 2.67 bits per heavy atom. The van der Waals surface area contributed by atoms with Crippen LogP contribution in [0.2, 0.25) is 0 Å². The second-order valence-corrected chi connectivity index (χ2v) is 4.04. The molecular weight excluding hydrogens is 182 g/mol. The molecule has 0 bridgehead atoms. The average Bonchev–Trinajstić information content (AvgIpc) is 2.78. The average molecular weight is 195 g/mol. The van der Waals surface area contributed by atoms with Gasteiger partial charge in [0.05, 0.1) is 0 Å². The summed E-state index contributed by atoms with van der Waals surface area (Å²) in [6, 6.07) is 10.6. The van der Waals surface area contributed by atoms with E-state index in [9.17, 15) is 0 Å². The van der Waals surface area contributed by atoms with Crippen molar-refractivity contribution >= 4 is 0 Å². The van der Waals surface area contributed by atoms with E-state index >= 15 is 0 Å². The maximum Gasteiger partial charge on any atom is 0.0349 e. The van der Waals surface area contributed by atoms with Gasteiger partial charge in [-0.2, -0.15) is 0 Å². The number of fused-ring (bicyclic) bond motifs is 1. The number of rotatable bonds is 1. The van der Waals surface area contributed by atoms with Gasteiger partial charge in [0.2, 0.25) is 0 Å². The third kappa shape index (κ3) is 1.44. The van der Waals surface area contributed by atoms with Crippen molar-refractivity contribution in [3.8, 4) is 11.1 Å². The predicted molar refractivity (Wildman–Crippen MR) is 61.7 cm³/mol. The Bertz CT molecular complexity index is 474. The van der Waals surface area contributed by atoms with Crippen molar-refractivity contribution in [2.24, 2.45) is 0 Å². The lowest BCUT2D eigenvalue weighted by molar-refractivity contribution is 0.911. The third-order valence-corrected chi connectivity index (χ3v) is 3.10. The molecule has 2 aromatic rings. The summed E-state index contributed by atoms with van der Waals surface area (Å²) in [5, 5.41) is 0. The quantitative estimate of drug-likeness (QED) is 0.680. The minimum Gasteiger partial charge on any atom is -0.264 e. The van der Waals surface area contributed by atoms with E-state index in [2.05, 4.69) is 35.3 Å². The molecular formula is C14H13N. The summed E-state index contributed by atoms with van der Waals surface area (Å²) >= 11 is 0. The largest absolute Gasteiger partial charge is 0.264 e. The molecule has 1 aromatic heterocycles. The van der Waals surface area contributed by atoms with Gasteiger partial charge in [-0.3, -0.25) is 4.98 Å². The molecule has 0 radical (unpaired) electrons. The lowest BCUT2D eigenvalue weighted by Gasteiger charge is -2.07. The lowest BCUT2D eigenvalue weighted by atomic mass is 10.00. The Kier molecular flexibility index (Phi) is 2.02. The lowest BCUT2D eigenvalue weighted by Crippen LogP contribution is -1.90. The summed E-state index contributed by atoms with van der Waals surface area (Å²) in [6.45, 7) is 0. The van der Waals surface area contributed by atoms with E-state index in [0.29, 0.717) is 0 Å². The van der Waals surface area contributed by atoms with Crippen LogP contribution in [-0.2, 0) is 12.8 Å². The fourth-order valence-electron chi connectivity index (χ4n) is 2.36. The number of hydrogen-bond acceptors (Lipinski definition) is 1. The first-order valence-electron chi connectivity index (χ1n) is 5.46. The van der Waals surface area contributed by atoms with Crippen molar-refractivity contribution in [1.29, 1.82) is 0 Å². The molecule has 0 spiro atoms. The number of nitrogens with zero attached hydrogens (tertiary/aromatic N) is 1. The van der Waals surface area contributed by atoms with Gasteiger partial charge in [-0.25, -0.2) is 0 Å². The molecule has 15 heavy (non-hydrogen) atoms. The Morgan fingerprint density at radius 2 is 1.80 bits per heavy atom. The van der Waals surface area contributed by atoms with Crippen LogP contribution >= 0.6 is 0 Å². The summed E-state index contributed by atoms with van der Waals surface area (Å²) in [6.07, 6.45) is 7.71. The number of hydrogen-bond donors (Lipinski definition) is 0. The second kappa shape index (κ2) is 3.50. The van der Waals surface area contributed by atoms with Gasteiger partial charge < -0.3 is 0 Å². The molecule has 74 valence electrons. The predicted octanol–water partition coefficient (Wildman–Crippen LogP) is 3.24. The highest BCUT2D eigenvalue weighted by Crippen LogP contribution is 2.30. The zero-order chi connectivity index (χ0) is 10.1. The molecule has 0 aliphatic heterocycles. The maximum atomic E-state index is 4.33. The monoisotopic (exact) mass is 195 g/mol. The van der Waals surface area contributed by atoms with Gasteiger partial charge in [-0.15, -0.1) is 0 Å². The summed E-state index contributed by atoms with van der Waals surface area (Å²) in [5.41, 5.74) is 5.57. The summed E-state index contributed by atoms with van der Waals surface area (Å²) in [7, 11) is 0. The first kappa shape index (κ1) is 8.66. The fraction of sp³-hybridized carbons (Fsp3) is 0.214. The van der Waals surface area contributed by atoms with Gasteiger partial charge in [0.25, 0.3) is 0 Å². The smallest absolute Gasteiger partial charge is 0.0349 e. The van der Waals surface area contributed by atoms with Crippen LogP contribution in [0.4, 0.5) is 0 Å². The molecule has 0 atom stereocenters. The minimum absolute atomic E-state index is 1.20. The van der Waals surface area contributed by atoms with E-state index in [1.165, 1.54) is 41.5 Å². The fourth-order valence-corrected chi connectivity index (χ4v) is 2.36. The van der Waals surface area contributed by atoms with Gasteiger partial charge in [-0.05, 0) is 36.0 Å². The van der Waals surface area contributed by atoms with Gasteiger partial charge in [-0.1, -0.05) is 30.3 Å². The summed E-state index contributed by atoms with van der Waals surface area (Å²) < 4.78 is 0. The van der Waals surface area contributed by atoms with Gasteiger partial charge >= 0.3 is 0 Å². The highest BCUT2D eigenvalue weighted by molar-refractivity contribution is 5.68. The summed E-state index contributed by atoms with van der Waals surface area (Å²) in [4.78, 5) is 4.33. The maximum absolute atomic E-state index is 4.33. The molecule has 0 unspecified atom stereocenters. The molecule has 1 heterocycles. The van der Waals surface area contributed by atoms with E-state index in [0.717, 1.165) is 0 Å². The Morgan fingerprint density at radius 1 is 0.933 bits per heavy atom. The first-order valence-corrected chi connectivity index (χ1v) is 5.46. The van der Waals surface area contributed by atoms with Crippen LogP contribution in [0, 0.1) is 0 Å². The van der Waals surface area contributed by atoms with Crippen molar-refractivity contribution in [3.05, 3.63) is 53.9 Å². The van der Waals surface area contributed by atoms with Crippen LogP contribution in [0.3, 0.4) is 0 Å². The van der Waals surface area contributed by atoms with E-state index in [-0.39, 0.29) is 0 Å². The van der Waals surface area contributed by atoms with Crippen LogP contribution in [-0.4, -0.2) is 4.98 Å². The molecule has 0 saturated heterocycles. The molecule has 0 fully saturated rings. The van der Waals surface area contributed by atoms with Crippen molar-refractivity contribution in [2.45, 2.75) is 19.3 Å². The van der Waals surface area contributed by atoms with Crippen LogP contribution < -0.4 is 0 Å². The Labute approximate surface area is 89.8 Å². The van der Waals surface area contributed by atoms with Gasteiger partial charge in [0.1, 0.15) is 0 Å². The van der Waals surface area contributed by atoms with E-state index in [1.54, 1.807) is 0 Å². The highest BCUT2D eigenvalue weighted by Gasteiger charge is 2.15. The Hall–Kier alpha value is -1.63. The molecule has 1 aliphatic carbocycles. The Balaban J connectivity index is 2.17. The zero-order valence-corrected chi connectivity index (χ0v) is 8.61. The SMILES string of the molecule is c1ccc(-c2cncc3c2CCC3)cc1. The molecule has 1 aliphatic rings. The highest BCUT2D eigenvalue weighted by atomic mass is 14.6. The third-order valence-electron chi connectivity index (χ3n) is 3.10. The standard InChI is InChI=1S/C14H13N/c1-2-5-11(6-3-1)14-10-15-9-12-7-4-8-13(12)14/h1-3,5-6,9-10H,4,7-8H2. The van der Waals surface area contributed by atoms with Crippen LogP contribution in [0.5, 0.6) is 0 Å². The first-order chi connectivity index (χ1) is 7.45. The normalized spacial score (nSPS) is 13.9. The molecule has 0 N–H and O–H groups in total. The number of pyridine rings is 1. The van der Waals surface area contributed by atoms with E-state index in [1.807, 2.05) is 12.4 Å². The molecule has 0 saturated carbocycles. The van der Waals surface area contributed by atoms with Gasteiger partial charge in [0.15, 0.2) is 0 Å². The van der Waals surface area contributed by atoms with Crippen LogP contribution in [0.15, 0.2) is 42.7 Å². The van der Waals surface area contributed by atoms with Gasteiger partial charge in [0, 0.05) is 18.0 Å². The molecule has 1 aromatic carbocycles. The second-order valence-electron chi connectivity index (χ2n) is 4.04. The zero-order valence-electron chi connectivity index (χ0n) is 8.61. The molecule has 3 rings (SSSR count). The molecule has 1 nitrogen and oxygen atoms in total. The van der Waals surface area contributed by atoms with Crippen LogP contribution in [0.1, 0.15) is 17.5 Å². The van der Waals surface area contributed by atoms with E-state index in [4.69, 9.17) is 0 Å². The summed E-state index contributed by atoms with van der Waals surface area (Å²) in [5.74, 6) is 0. The van der Waals surface area contributed by atoms with Crippen molar-refractivity contribution < 1.29 is 0 Å². The van der Waals surface area contributed by atoms with Crippen LogP contribution in [0.25, 0.3) is 11.1 Å². The number of aryl methyl sites for hydroxylation is 1. The minimum atomic E-state index is 1.20. The topological polar surface area (TPSA) is 12.9 Å². The molecule has 1 heteroatoms. The number of benzene rings is 1. The van der Waals surface area contributed by atoms with Crippen molar-refractivity contribution in [1.82, 2.24) is 4.98 Å². The molecule has 0 amide bonds.